The Bertz CT molecular complexity index is 891. The van der Waals surface area contributed by atoms with E-state index in [0.717, 1.165) is 21.4 Å². The summed E-state index contributed by atoms with van der Waals surface area (Å²) in [7, 11) is 1.59. The van der Waals surface area contributed by atoms with Crippen LogP contribution in [0.2, 0.25) is 0 Å². The first-order valence-electron chi connectivity index (χ1n) is 7.40. The third-order valence-corrected chi connectivity index (χ3v) is 4.63. The van der Waals surface area contributed by atoms with E-state index in [2.05, 4.69) is 0 Å². The molecule has 4 nitrogen and oxygen atoms in total. The van der Waals surface area contributed by atoms with Crippen LogP contribution in [-0.4, -0.2) is 22.2 Å². The molecule has 124 valence electrons. The van der Waals surface area contributed by atoms with E-state index in [9.17, 15) is 9.18 Å². The second-order valence-electron chi connectivity index (χ2n) is 5.31. The summed E-state index contributed by atoms with van der Waals surface area (Å²) >= 11 is 1.39. The van der Waals surface area contributed by atoms with E-state index in [4.69, 9.17) is 9.84 Å². The van der Waals surface area contributed by atoms with Crippen LogP contribution >= 0.6 is 11.9 Å². The highest BCUT2D eigenvalue weighted by molar-refractivity contribution is 7.98. The van der Waals surface area contributed by atoms with Crippen molar-refractivity contribution in [2.45, 2.75) is 17.7 Å². The topological polar surface area (TPSA) is 51.5 Å². The summed E-state index contributed by atoms with van der Waals surface area (Å²) in [5.74, 6) is -0.409. The van der Waals surface area contributed by atoms with Crippen molar-refractivity contribution in [1.29, 1.82) is 0 Å². The van der Waals surface area contributed by atoms with Crippen LogP contribution in [-0.2, 0) is 11.2 Å². The number of carboxylic acid groups (broad SMARTS) is 1. The Balaban J connectivity index is 2.02. The van der Waals surface area contributed by atoms with E-state index in [0.29, 0.717) is 12.2 Å². The molecule has 0 fully saturated rings. The molecular weight excluding hydrogens is 329 g/mol. The maximum atomic E-state index is 13.4. The second kappa shape index (κ2) is 6.97. The number of fused-ring (bicyclic) bond motifs is 1. The molecule has 6 heteroatoms. The van der Waals surface area contributed by atoms with Crippen molar-refractivity contribution in [3.63, 3.8) is 0 Å². The Hall–Kier alpha value is -2.47. The Kier molecular flexibility index (Phi) is 4.76. The van der Waals surface area contributed by atoms with Crippen molar-refractivity contribution < 1.29 is 19.0 Å². The molecule has 2 aromatic carbocycles. The Morgan fingerprint density at radius 2 is 2.12 bits per heavy atom. The third-order valence-electron chi connectivity index (χ3n) is 3.67. The fourth-order valence-electron chi connectivity index (χ4n) is 2.53. The van der Waals surface area contributed by atoms with Crippen LogP contribution in [0.25, 0.3) is 10.9 Å². The van der Waals surface area contributed by atoms with Gasteiger partial charge in [-0.25, -0.2) is 4.39 Å². The number of aryl methyl sites for hydroxylation is 1. The lowest BCUT2D eigenvalue weighted by molar-refractivity contribution is -0.136. The zero-order valence-corrected chi connectivity index (χ0v) is 13.8. The number of benzene rings is 2. The summed E-state index contributed by atoms with van der Waals surface area (Å²) < 4.78 is 20.6. The quantitative estimate of drug-likeness (QED) is 0.721. The first kappa shape index (κ1) is 16.4. The summed E-state index contributed by atoms with van der Waals surface area (Å²) in [5, 5.41) is 9.89. The standard InChI is InChI=1S/C18H16FNO3S/c1-23-14-6-7-17-16(10-14)12(5-8-18(21)22)11-20(17)24-15-4-2-3-13(19)9-15/h2-4,6-7,9-11H,5,8H2,1H3,(H,21,22). The number of rotatable bonds is 6. The van der Waals surface area contributed by atoms with E-state index in [1.54, 1.807) is 13.2 Å². The molecule has 0 aliphatic carbocycles. The van der Waals surface area contributed by atoms with Gasteiger partial charge in [0.2, 0.25) is 0 Å². The smallest absolute Gasteiger partial charge is 0.303 e. The molecule has 0 bridgehead atoms. The zero-order valence-electron chi connectivity index (χ0n) is 13.0. The molecule has 0 aliphatic rings. The van der Waals surface area contributed by atoms with Gasteiger partial charge in [-0.05, 0) is 60.3 Å². The number of hydrogen-bond donors (Lipinski definition) is 1. The highest BCUT2D eigenvalue weighted by Crippen LogP contribution is 2.32. The first-order chi connectivity index (χ1) is 11.6. The molecular formula is C18H16FNO3S. The van der Waals surface area contributed by atoms with E-state index in [-0.39, 0.29) is 12.2 Å². The summed E-state index contributed by atoms with van der Waals surface area (Å²) in [6, 6.07) is 12.0. The Labute approximate surface area is 143 Å². The van der Waals surface area contributed by atoms with Gasteiger partial charge in [0.1, 0.15) is 11.6 Å². The van der Waals surface area contributed by atoms with Crippen molar-refractivity contribution in [2.75, 3.05) is 7.11 Å². The molecule has 3 rings (SSSR count). The van der Waals surface area contributed by atoms with Crippen molar-refractivity contribution in [3.05, 3.63) is 60.0 Å². The fourth-order valence-corrected chi connectivity index (χ4v) is 3.50. The van der Waals surface area contributed by atoms with Gasteiger partial charge in [-0.1, -0.05) is 6.07 Å². The predicted octanol–water partition coefficient (Wildman–Crippen LogP) is 4.36. The molecule has 3 aromatic rings. The van der Waals surface area contributed by atoms with Crippen LogP contribution in [0.4, 0.5) is 4.39 Å². The zero-order chi connectivity index (χ0) is 17.1. The molecule has 1 heterocycles. The van der Waals surface area contributed by atoms with Gasteiger partial charge in [-0.2, -0.15) is 0 Å². The van der Waals surface area contributed by atoms with E-state index in [1.165, 1.54) is 24.1 Å². The van der Waals surface area contributed by atoms with Crippen molar-refractivity contribution in [1.82, 2.24) is 3.97 Å². The van der Waals surface area contributed by atoms with E-state index >= 15 is 0 Å². The monoisotopic (exact) mass is 345 g/mol. The normalized spacial score (nSPS) is 10.9. The second-order valence-corrected chi connectivity index (χ2v) is 6.35. The molecule has 0 spiro atoms. The predicted molar refractivity (Wildman–Crippen MR) is 92.1 cm³/mol. The largest absolute Gasteiger partial charge is 0.497 e. The number of methoxy groups -OCH3 is 1. The van der Waals surface area contributed by atoms with Crippen LogP contribution < -0.4 is 4.74 Å². The summed E-state index contributed by atoms with van der Waals surface area (Å²) in [5.41, 5.74) is 1.86. The number of carbonyl (C=O) groups is 1. The Morgan fingerprint density at radius 3 is 2.83 bits per heavy atom. The summed E-state index contributed by atoms with van der Waals surface area (Å²) in [6.07, 6.45) is 2.39. The number of aromatic nitrogens is 1. The lowest BCUT2D eigenvalue weighted by atomic mass is 10.1. The SMILES string of the molecule is COc1ccc2c(c1)c(CCC(=O)O)cn2Sc1cccc(F)c1. The van der Waals surface area contributed by atoms with Crippen molar-refractivity contribution >= 4 is 28.8 Å². The van der Waals surface area contributed by atoms with Gasteiger partial charge in [0.05, 0.1) is 12.6 Å². The number of ether oxygens (including phenoxy) is 1. The maximum absolute atomic E-state index is 13.4. The lowest BCUT2D eigenvalue weighted by Gasteiger charge is -2.05. The average molecular weight is 345 g/mol. The van der Waals surface area contributed by atoms with Gasteiger partial charge in [0.25, 0.3) is 0 Å². The number of halogens is 1. The number of hydrogen-bond acceptors (Lipinski definition) is 3. The molecule has 0 radical (unpaired) electrons. The van der Waals surface area contributed by atoms with Gasteiger partial charge in [0.15, 0.2) is 0 Å². The minimum absolute atomic E-state index is 0.0565. The van der Waals surface area contributed by atoms with Crippen LogP contribution in [0.15, 0.2) is 53.6 Å². The third kappa shape index (κ3) is 3.54. The minimum atomic E-state index is -0.837. The molecule has 0 saturated heterocycles. The molecule has 0 atom stereocenters. The molecule has 1 aromatic heterocycles. The molecule has 0 aliphatic heterocycles. The molecule has 24 heavy (non-hydrogen) atoms. The van der Waals surface area contributed by atoms with E-state index < -0.39 is 5.97 Å². The fraction of sp³-hybridized carbons (Fsp3) is 0.167. The van der Waals surface area contributed by atoms with Gasteiger partial charge >= 0.3 is 5.97 Å². The van der Waals surface area contributed by atoms with Gasteiger partial charge < -0.3 is 9.84 Å². The van der Waals surface area contributed by atoms with Crippen LogP contribution in [0.5, 0.6) is 5.75 Å². The van der Waals surface area contributed by atoms with Gasteiger partial charge in [-0.15, -0.1) is 0 Å². The van der Waals surface area contributed by atoms with Crippen LogP contribution in [0, 0.1) is 5.82 Å². The van der Waals surface area contributed by atoms with Gasteiger partial charge in [0, 0.05) is 22.9 Å². The number of aliphatic carboxylic acids is 1. The number of carboxylic acids is 1. The average Bonchev–Trinajstić information content (AvgIpc) is 2.90. The van der Waals surface area contributed by atoms with Gasteiger partial charge in [-0.3, -0.25) is 8.77 Å². The highest BCUT2D eigenvalue weighted by Gasteiger charge is 2.12. The maximum Gasteiger partial charge on any atom is 0.303 e. The lowest BCUT2D eigenvalue weighted by Crippen LogP contribution is -1.96. The minimum Gasteiger partial charge on any atom is -0.497 e. The highest BCUT2D eigenvalue weighted by atomic mass is 32.2. The van der Waals surface area contributed by atoms with E-state index in [1.807, 2.05) is 34.4 Å². The van der Waals surface area contributed by atoms with Crippen LogP contribution in [0.1, 0.15) is 12.0 Å². The molecule has 0 unspecified atom stereocenters. The van der Waals surface area contributed by atoms with Crippen molar-refractivity contribution in [2.24, 2.45) is 0 Å². The first-order valence-corrected chi connectivity index (χ1v) is 8.18. The summed E-state index contributed by atoms with van der Waals surface area (Å²) in [4.78, 5) is 11.7. The molecule has 0 amide bonds. The summed E-state index contributed by atoms with van der Waals surface area (Å²) in [6.45, 7) is 0. The Morgan fingerprint density at radius 1 is 1.29 bits per heavy atom. The molecule has 1 N–H and O–H groups in total. The number of nitrogens with zero attached hydrogens (tertiary/aromatic N) is 1. The molecule has 0 saturated carbocycles. The van der Waals surface area contributed by atoms with Crippen molar-refractivity contribution in [3.8, 4) is 5.75 Å². The van der Waals surface area contributed by atoms with Crippen LogP contribution in [0.3, 0.4) is 0 Å².